The summed E-state index contributed by atoms with van der Waals surface area (Å²) in [6.07, 6.45) is 0. The Bertz CT molecular complexity index is 357. The number of hydrogen-bond donors (Lipinski definition) is 2. The van der Waals surface area contributed by atoms with Crippen LogP contribution in [0.3, 0.4) is 0 Å². The molecule has 0 bridgehead atoms. The third-order valence-electron chi connectivity index (χ3n) is 2.28. The number of hydrogen-bond acceptors (Lipinski definition) is 4. The molecule has 0 aromatic carbocycles. The van der Waals surface area contributed by atoms with Gasteiger partial charge in [0.25, 0.3) is 0 Å². The zero-order valence-electron chi connectivity index (χ0n) is 9.43. The van der Waals surface area contributed by atoms with Gasteiger partial charge in [-0.25, -0.2) is 4.98 Å². The molecule has 0 aliphatic heterocycles. The highest BCUT2D eigenvalue weighted by atomic mass is 35.5. The Labute approximate surface area is 106 Å². The number of nitrogens with two attached hydrogens (primary N) is 1. The van der Waals surface area contributed by atoms with E-state index in [2.05, 4.69) is 22.1 Å². The van der Waals surface area contributed by atoms with Gasteiger partial charge in [-0.2, -0.15) is 0 Å². The fraction of sp³-hybridized carbons (Fsp3) is 0.500. The molecule has 1 heterocycles. The number of aromatic nitrogens is 1. The van der Waals surface area contributed by atoms with E-state index in [-0.39, 0.29) is 5.82 Å². The summed E-state index contributed by atoms with van der Waals surface area (Å²) in [5.41, 5.74) is 5.60. The lowest BCUT2D eigenvalue weighted by atomic mass is 10.4. The molecule has 0 radical (unpaired) electrons. The Morgan fingerprint density at radius 3 is 2.75 bits per heavy atom. The molecule has 3 N–H and O–H groups in total. The Kier molecular flexibility index (Phi) is 5.12. The summed E-state index contributed by atoms with van der Waals surface area (Å²) in [6.45, 7) is 4.78. The fourth-order valence-corrected chi connectivity index (χ4v) is 1.55. The van der Waals surface area contributed by atoms with Crippen LogP contribution in [-0.2, 0) is 0 Å². The van der Waals surface area contributed by atoms with Crippen molar-refractivity contribution in [3.05, 3.63) is 16.1 Å². The normalized spacial score (nSPS) is 10.8. The van der Waals surface area contributed by atoms with E-state index in [1.54, 1.807) is 6.07 Å². The topological polar surface area (TPSA) is 54.2 Å². The molecule has 4 nitrogen and oxygen atoms in total. The minimum Gasteiger partial charge on any atom is -0.382 e. The number of pyridine rings is 1. The van der Waals surface area contributed by atoms with Gasteiger partial charge >= 0.3 is 0 Å². The van der Waals surface area contributed by atoms with Crippen LogP contribution in [0.25, 0.3) is 0 Å². The molecule has 0 saturated carbocycles. The van der Waals surface area contributed by atoms with Crippen molar-refractivity contribution in [1.82, 2.24) is 9.88 Å². The molecule has 0 spiro atoms. The standard InChI is InChI=1S/C10H16Cl2N4/c1-3-16(2)5-4-14-10-8(12)6-7(11)9(13)15-10/h6H,3-5H2,1-2H3,(H3,13,14,15). The second-order valence-electron chi connectivity index (χ2n) is 3.51. The summed E-state index contributed by atoms with van der Waals surface area (Å²) in [6, 6.07) is 1.59. The summed E-state index contributed by atoms with van der Waals surface area (Å²) < 4.78 is 0. The second kappa shape index (κ2) is 6.13. The maximum atomic E-state index is 5.97. The van der Waals surface area contributed by atoms with Crippen LogP contribution in [0.4, 0.5) is 11.6 Å². The van der Waals surface area contributed by atoms with Crippen molar-refractivity contribution in [2.75, 3.05) is 37.7 Å². The number of nitrogens with one attached hydrogen (secondary N) is 1. The molecule has 90 valence electrons. The fourth-order valence-electron chi connectivity index (χ4n) is 1.13. The molecule has 16 heavy (non-hydrogen) atoms. The Hall–Kier alpha value is -0.710. The van der Waals surface area contributed by atoms with Crippen LogP contribution >= 0.6 is 23.2 Å². The van der Waals surface area contributed by atoms with Crippen LogP contribution < -0.4 is 11.1 Å². The second-order valence-corrected chi connectivity index (χ2v) is 4.32. The summed E-state index contributed by atoms with van der Waals surface area (Å²) in [7, 11) is 2.05. The molecule has 0 fully saturated rings. The number of nitrogens with zero attached hydrogens (tertiary/aromatic N) is 2. The molecule has 0 saturated heterocycles. The van der Waals surface area contributed by atoms with Gasteiger partial charge in [0.1, 0.15) is 11.6 Å². The first kappa shape index (κ1) is 13.4. The van der Waals surface area contributed by atoms with Crippen LogP contribution in [0.1, 0.15) is 6.92 Å². The number of anilines is 2. The van der Waals surface area contributed by atoms with E-state index in [1.165, 1.54) is 0 Å². The molecule has 1 aromatic rings. The lowest BCUT2D eigenvalue weighted by molar-refractivity contribution is 0.367. The minimum atomic E-state index is 0.289. The number of likely N-dealkylation sites (N-methyl/N-ethyl adjacent to an activating group) is 1. The van der Waals surface area contributed by atoms with Gasteiger partial charge in [0.05, 0.1) is 10.0 Å². The minimum absolute atomic E-state index is 0.289. The predicted molar refractivity (Wildman–Crippen MR) is 70.3 cm³/mol. The quantitative estimate of drug-likeness (QED) is 0.856. The zero-order valence-corrected chi connectivity index (χ0v) is 10.9. The SMILES string of the molecule is CCN(C)CCNc1nc(N)c(Cl)cc1Cl. The summed E-state index contributed by atoms with van der Waals surface area (Å²) >= 11 is 11.8. The van der Waals surface area contributed by atoms with E-state index in [4.69, 9.17) is 28.9 Å². The maximum Gasteiger partial charge on any atom is 0.147 e. The molecule has 0 unspecified atom stereocenters. The lowest BCUT2D eigenvalue weighted by Crippen LogP contribution is -2.25. The van der Waals surface area contributed by atoms with Crippen LogP contribution in [0.2, 0.25) is 10.0 Å². The van der Waals surface area contributed by atoms with Gasteiger partial charge in [0.15, 0.2) is 0 Å². The van der Waals surface area contributed by atoms with Crippen molar-refractivity contribution in [1.29, 1.82) is 0 Å². The van der Waals surface area contributed by atoms with Gasteiger partial charge in [-0.05, 0) is 19.7 Å². The van der Waals surface area contributed by atoms with Crippen LogP contribution in [-0.4, -0.2) is 36.6 Å². The molecular formula is C10H16Cl2N4. The van der Waals surface area contributed by atoms with Gasteiger partial charge in [-0.3, -0.25) is 0 Å². The van der Waals surface area contributed by atoms with Gasteiger partial charge < -0.3 is 16.0 Å². The molecule has 0 amide bonds. The Balaban J connectivity index is 2.57. The lowest BCUT2D eigenvalue weighted by Gasteiger charge is -2.15. The van der Waals surface area contributed by atoms with Crippen LogP contribution in [0.15, 0.2) is 6.07 Å². The summed E-state index contributed by atoms with van der Waals surface area (Å²) in [5, 5.41) is 3.98. The maximum absolute atomic E-state index is 5.97. The molecular weight excluding hydrogens is 247 g/mol. The third-order valence-corrected chi connectivity index (χ3v) is 2.87. The molecule has 6 heteroatoms. The van der Waals surface area contributed by atoms with Crippen LogP contribution in [0.5, 0.6) is 0 Å². The van der Waals surface area contributed by atoms with Crippen molar-refractivity contribution in [3.63, 3.8) is 0 Å². The van der Waals surface area contributed by atoms with Gasteiger partial charge in [0.2, 0.25) is 0 Å². The molecule has 0 aliphatic rings. The highest BCUT2D eigenvalue weighted by molar-refractivity contribution is 6.37. The van der Waals surface area contributed by atoms with Gasteiger partial charge in [-0.15, -0.1) is 0 Å². The van der Waals surface area contributed by atoms with E-state index in [0.717, 1.165) is 19.6 Å². The van der Waals surface area contributed by atoms with Crippen molar-refractivity contribution in [2.24, 2.45) is 0 Å². The highest BCUT2D eigenvalue weighted by Crippen LogP contribution is 2.26. The van der Waals surface area contributed by atoms with E-state index < -0.39 is 0 Å². The van der Waals surface area contributed by atoms with Crippen LogP contribution in [0, 0.1) is 0 Å². The highest BCUT2D eigenvalue weighted by Gasteiger charge is 2.06. The van der Waals surface area contributed by atoms with E-state index >= 15 is 0 Å². The first-order valence-corrected chi connectivity index (χ1v) is 5.84. The molecule has 0 aliphatic carbocycles. The van der Waals surface area contributed by atoms with E-state index in [1.807, 2.05) is 7.05 Å². The smallest absolute Gasteiger partial charge is 0.147 e. The van der Waals surface area contributed by atoms with Crippen molar-refractivity contribution in [2.45, 2.75) is 6.92 Å². The van der Waals surface area contributed by atoms with Gasteiger partial charge in [0, 0.05) is 13.1 Å². The summed E-state index contributed by atoms with van der Waals surface area (Å²) in [5.74, 6) is 0.866. The van der Waals surface area contributed by atoms with E-state index in [9.17, 15) is 0 Å². The molecule has 0 atom stereocenters. The first-order valence-electron chi connectivity index (χ1n) is 5.08. The monoisotopic (exact) mass is 262 g/mol. The van der Waals surface area contributed by atoms with E-state index in [0.29, 0.717) is 15.9 Å². The van der Waals surface area contributed by atoms with Crippen molar-refractivity contribution >= 4 is 34.8 Å². The molecule has 1 aromatic heterocycles. The predicted octanol–water partition coefficient (Wildman–Crippen LogP) is 2.33. The van der Waals surface area contributed by atoms with Gasteiger partial charge in [-0.1, -0.05) is 30.1 Å². The third kappa shape index (κ3) is 3.70. The average molecular weight is 263 g/mol. The number of halogens is 2. The van der Waals surface area contributed by atoms with Crippen molar-refractivity contribution in [3.8, 4) is 0 Å². The summed E-state index contributed by atoms with van der Waals surface area (Å²) in [4.78, 5) is 6.26. The average Bonchev–Trinajstić information content (AvgIpc) is 2.25. The first-order chi connectivity index (χ1) is 7.54. The Morgan fingerprint density at radius 1 is 1.44 bits per heavy atom. The molecule has 1 rings (SSSR count). The largest absolute Gasteiger partial charge is 0.382 e. The zero-order chi connectivity index (χ0) is 12.1. The number of rotatable bonds is 5. The van der Waals surface area contributed by atoms with Crippen molar-refractivity contribution < 1.29 is 0 Å². The Morgan fingerprint density at radius 2 is 2.12 bits per heavy atom. The number of nitrogen functional groups attached to an aromatic ring is 1.